The van der Waals surface area contributed by atoms with Crippen molar-refractivity contribution in [2.24, 2.45) is 0 Å². The molecule has 0 saturated carbocycles. The maximum absolute atomic E-state index is 6.17. The average molecular weight is 365 g/mol. The van der Waals surface area contributed by atoms with Crippen molar-refractivity contribution in [2.75, 3.05) is 0 Å². The molecule has 0 spiro atoms. The molecule has 5 heteroatoms. The molecule has 2 rings (SSSR count). The third-order valence-electron chi connectivity index (χ3n) is 2.57. The van der Waals surface area contributed by atoms with E-state index >= 15 is 0 Å². The zero-order chi connectivity index (χ0) is 13.1. The fourth-order valence-corrected chi connectivity index (χ4v) is 3.64. The van der Waals surface area contributed by atoms with Gasteiger partial charge in [0, 0.05) is 32.8 Å². The smallest absolute Gasteiger partial charge is 0.0621 e. The van der Waals surface area contributed by atoms with E-state index in [9.17, 15) is 0 Å². The summed E-state index contributed by atoms with van der Waals surface area (Å²) < 4.78 is 0. The van der Waals surface area contributed by atoms with Gasteiger partial charge in [-0.2, -0.15) is 0 Å². The number of hydrogen-bond acceptors (Lipinski definition) is 1. The standard InChI is InChI=1S/C13H9BrCl3N/c14-9(6-8-4-5-18-7-12(8)17)13-10(15)2-1-3-11(13)16/h1-5,7,9H,6H2. The molecule has 94 valence electrons. The van der Waals surface area contributed by atoms with Crippen LogP contribution in [-0.2, 0) is 6.42 Å². The predicted octanol–water partition coefficient (Wildman–Crippen LogP) is 5.72. The van der Waals surface area contributed by atoms with Gasteiger partial charge in [-0.05, 0) is 30.2 Å². The number of benzene rings is 1. The highest BCUT2D eigenvalue weighted by molar-refractivity contribution is 9.09. The van der Waals surface area contributed by atoms with Crippen LogP contribution in [0.5, 0.6) is 0 Å². The molecule has 1 nitrogen and oxygen atoms in total. The zero-order valence-electron chi connectivity index (χ0n) is 9.21. The second kappa shape index (κ2) is 6.25. The number of rotatable bonds is 3. The van der Waals surface area contributed by atoms with Crippen molar-refractivity contribution < 1.29 is 0 Å². The highest BCUT2D eigenvalue weighted by atomic mass is 79.9. The summed E-state index contributed by atoms with van der Waals surface area (Å²) in [5.74, 6) is 0. The summed E-state index contributed by atoms with van der Waals surface area (Å²) >= 11 is 22.0. The lowest BCUT2D eigenvalue weighted by atomic mass is 10.1. The fourth-order valence-electron chi connectivity index (χ4n) is 1.67. The van der Waals surface area contributed by atoms with Gasteiger partial charge in [0.05, 0.1) is 5.02 Å². The molecule has 0 radical (unpaired) electrons. The second-order valence-corrected chi connectivity index (χ2v) is 6.10. The van der Waals surface area contributed by atoms with E-state index in [1.807, 2.05) is 24.3 Å². The van der Waals surface area contributed by atoms with E-state index in [0.29, 0.717) is 21.5 Å². The third kappa shape index (κ3) is 3.18. The molecule has 0 amide bonds. The summed E-state index contributed by atoms with van der Waals surface area (Å²) in [6.45, 7) is 0. The van der Waals surface area contributed by atoms with Crippen molar-refractivity contribution in [1.29, 1.82) is 0 Å². The van der Waals surface area contributed by atoms with E-state index in [4.69, 9.17) is 34.8 Å². The minimum absolute atomic E-state index is 0.0126. The van der Waals surface area contributed by atoms with Crippen LogP contribution in [0, 0.1) is 0 Å². The first-order valence-corrected chi connectivity index (χ1v) is 7.31. The van der Waals surface area contributed by atoms with Gasteiger partial charge in [0.1, 0.15) is 0 Å². The number of alkyl halides is 1. The van der Waals surface area contributed by atoms with E-state index in [2.05, 4.69) is 20.9 Å². The van der Waals surface area contributed by atoms with Gasteiger partial charge in [0.25, 0.3) is 0 Å². The molecule has 0 saturated heterocycles. The van der Waals surface area contributed by atoms with E-state index in [0.717, 1.165) is 11.1 Å². The summed E-state index contributed by atoms with van der Waals surface area (Å²) in [5.41, 5.74) is 1.89. The van der Waals surface area contributed by atoms with Gasteiger partial charge in [-0.25, -0.2) is 0 Å². The highest BCUT2D eigenvalue weighted by Crippen LogP contribution is 2.38. The van der Waals surface area contributed by atoms with Crippen molar-refractivity contribution in [2.45, 2.75) is 11.2 Å². The van der Waals surface area contributed by atoms with Crippen molar-refractivity contribution >= 4 is 50.7 Å². The summed E-state index contributed by atoms with van der Waals surface area (Å²) in [6.07, 6.45) is 4.05. The number of hydrogen-bond donors (Lipinski definition) is 0. The molecule has 1 atom stereocenters. The first-order chi connectivity index (χ1) is 8.59. The molecule has 0 bridgehead atoms. The molecule has 18 heavy (non-hydrogen) atoms. The monoisotopic (exact) mass is 363 g/mol. The van der Waals surface area contributed by atoms with Crippen LogP contribution in [0.25, 0.3) is 0 Å². The molecule has 2 aromatic rings. The Morgan fingerprint density at radius 1 is 1.06 bits per heavy atom. The van der Waals surface area contributed by atoms with Crippen molar-refractivity contribution in [3.05, 3.63) is 62.9 Å². The Hall–Kier alpha value is -0.280. The Kier molecular flexibility index (Phi) is 4.91. The SMILES string of the molecule is Clc1cnccc1CC(Br)c1c(Cl)cccc1Cl. The molecule has 0 aliphatic rings. The number of nitrogens with zero attached hydrogens (tertiary/aromatic N) is 1. The summed E-state index contributed by atoms with van der Waals surface area (Å²) in [5, 5.41) is 1.94. The van der Waals surface area contributed by atoms with E-state index in [1.54, 1.807) is 12.4 Å². The lowest BCUT2D eigenvalue weighted by molar-refractivity contribution is 0.945. The minimum Gasteiger partial charge on any atom is -0.263 e. The van der Waals surface area contributed by atoms with Crippen LogP contribution >= 0.6 is 50.7 Å². The molecule has 0 aliphatic heterocycles. The Bertz CT molecular complexity index is 539. The third-order valence-corrected chi connectivity index (χ3v) is 4.35. The van der Waals surface area contributed by atoms with Crippen LogP contribution in [0.2, 0.25) is 15.1 Å². The van der Waals surface area contributed by atoms with Crippen LogP contribution < -0.4 is 0 Å². The quantitative estimate of drug-likeness (QED) is 0.634. The van der Waals surface area contributed by atoms with Crippen LogP contribution in [0.4, 0.5) is 0 Å². The van der Waals surface area contributed by atoms with Gasteiger partial charge >= 0.3 is 0 Å². The Balaban J connectivity index is 2.28. The number of halogens is 4. The topological polar surface area (TPSA) is 12.9 Å². The van der Waals surface area contributed by atoms with E-state index in [-0.39, 0.29) is 4.83 Å². The lowest BCUT2D eigenvalue weighted by Crippen LogP contribution is -1.98. The van der Waals surface area contributed by atoms with Gasteiger partial charge in [-0.3, -0.25) is 4.98 Å². The molecule has 1 unspecified atom stereocenters. The van der Waals surface area contributed by atoms with E-state index < -0.39 is 0 Å². The van der Waals surface area contributed by atoms with Gasteiger partial charge in [0.15, 0.2) is 0 Å². The van der Waals surface area contributed by atoms with Crippen molar-refractivity contribution in [3.63, 3.8) is 0 Å². The molecule has 0 N–H and O–H groups in total. The average Bonchev–Trinajstić information content (AvgIpc) is 2.32. The predicted molar refractivity (Wildman–Crippen MR) is 81.1 cm³/mol. The zero-order valence-corrected chi connectivity index (χ0v) is 13.1. The fraction of sp³-hybridized carbons (Fsp3) is 0.154. The van der Waals surface area contributed by atoms with Crippen molar-refractivity contribution in [3.8, 4) is 0 Å². The Morgan fingerprint density at radius 3 is 2.33 bits per heavy atom. The molecule has 1 heterocycles. The summed E-state index contributed by atoms with van der Waals surface area (Å²) in [7, 11) is 0. The maximum atomic E-state index is 6.17. The molecule has 0 fully saturated rings. The molecular weight excluding hydrogens is 356 g/mol. The molecule has 0 aliphatic carbocycles. The van der Waals surface area contributed by atoms with Crippen LogP contribution in [0.3, 0.4) is 0 Å². The van der Waals surface area contributed by atoms with Gasteiger partial charge in [-0.15, -0.1) is 0 Å². The van der Waals surface area contributed by atoms with Crippen LogP contribution in [-0.4, -0.2) is 4.98 Å². The first kappa shape index (κ1) is 14.1. The highest BCUT2D eigenvalue weighted by Gasteiger charge is 2.16. The Labute approximate surface area is 129 Å². The minimum atomic E-state index is 0.0126. The largest absolute Gasteiger partial charge is 0.263 e. The van der Waals surface area contributed by atoms with Crippen LogP contribution in [0.1, 0.15) is 16.0 Å². The van der Waals surface area contributed by atoms with Crippen LogP contribution in [0.15, 0.2) is 36.7 Å². The molecule has 1 aromatic carbocycles. The normalized spacial score (nSPS) is 12.4. The second-order valence-electron chi connectivity index (χ2n) is 3.77. The summed E-state index contributed by atoms with van der Waals surface area (Å²) in [6, 6.07) is 7.37. The van der Waals surface area contributed by atoms with E-state index in [1.165, 1.54) is 0 Å². The maximum Gasteiger partial charge on any atom is 0.0621 e. The summed E-state index contributed by atoms with van der Waals surface area (Å²) in [4.78, 5) is 3.97. The lowest BCUT2D eigenvalue weighted by Gasteiger charge is -2.14. The molecular formula is C13H9BrCl3N. The van der Waals surface area contributed by atoms with Gasteiger partial charge in [0.2, 0.25) is 0 Å². The van der Waals surface area contributed by atoms with Crippen molar-refractivity contribution in [1.82, 2.24) is 4.98 Å². The first-order valence-electron chi connectivity index (χ1n) is 5.26. The number of pyridine rings is 1. The molecule has 1 aromatic heterocycles. The van der Waals surface area contributed by atoms with Gasteiger partial charge < -0.3 is 0 Å². The Morgan fingerprint density at radius 2 is 1.72 bits per heavy atom. The van der Waals surface area contributed by atoms with Gasteiger partial charge in [-0.1, -0.05) is 56.8 Å². The number of aromatic nitrogens is 1.